The van der Waals surface area contributed by atoms with Crippen LogP contribution in [0.4, 0.5) is 0 Å². The van der Waals surface area contributed by atoms with Crippen molar-refractivity contribution >= 4 is 34.7 Å². The van der Waals surface area contributed by atoms with E-state index in [1.165, 1.54) is 22.8 Å². The quantitative estimate of drug-likeness (QED) is 0.532. The van der Waals surface area contributed by atoms with Crippen LogP contribution in [0.5, 0.6) is 0 Å². The van der Waals surface area contributed by atoms with E-state index in [1.54, 1.807) is 0 Å². The maximum Gasteiger partial charge on any atom is 0.0257 e. The minimum atomic E-state index is 0.648. The Bertz CT molecular complexity index is 209. The van der Waals surface area contributed by atoms with Crippen molar-refractivity contribution in [2.45, 2.75) is 13.3 Å². The molecule has 0 aliphatic heterocycles. The predicted molar refractivity (Wildman–Crippen MR) is 65.2 cm³/mol. The Labute approximate surface area is 93.7 Å². The van der Waals surface area contributed by atoms with E-state index in [-0.39, 0.29) is 0 Å². The van der Waals surface area contributed by atoms with Gasteiger partial charge in [0, 0.05) is 10.8 Å². The van der Waals surface area contributed by atoms with Gasteiger partial charge in [-0.3, -0.25) is 0 Å². The van der Waals surface area contributed by atoms with E-state index in [2.05, 4.69) is 24.4 Å². The molecule has 0 bridgehead atoms. The number of aryl methyl sites for hydroxylation is 1. The SMILES string of the molecule is CC(CCl)CSCCc1cccs1. The highest BCUT2D eigenvalue weighted by molar-refractivity contribution is 7.99. The van der Waals surface area contributed by atoms with E-state index in [9.17, 15) is 0 Å². The highest BCUT2D eigenvalue weighted by Crippen LogP contribution is 2.15. The molecule has 74 valence electrons. The van der Waals surface area contributed by atoms with Gasteiger partial charge in [0.25, 0.3) is 0 Å². The van der Waals surface area contributed by atoms with Gasteiger partial charge in [-0.05, 0) is 35.3 Å². The smallest absolute Gasteiger partial charge is 0.0257 e. The highest BCUT2D eigenvalue weighted by Gasteiger charge is 2.00. The van der Waals surface area contributed by atoms with Crippen LogP contribution in [0.25, 0.3) is 0 Å². The minimum absolute atomic E-state index is 0.648. The van der Waals surface area contributed by atoms with Crippen LogP contribution in [0, 0.1) is 5.92 Å². The van der Waals surface area contributed by atoms with Gasteiger partial charge in [-0.15, -0.1) is 22.9 Å². The summed E-state index contributed by atoms with van der Waals surface area (Å²) in [6.07, 6.45) is 1.21. The van der Waals surface area contributed by atoms with Crippen LogP contribution in [0.3, 0.4) is 0 Å². The first-order chi connectivity index (χ1) is 6.33. The van der Waals surface area contributed by atoms with Gasteiger partial charge in [-0.2, -0.15) is 11.8 Å². The van der Waals surface area contributed by atoms with Crippen LogP contribution in [0.15, 0.2) is 17.5 Å². The van der Waals surface area contributed by atoms with Crippen molar-refractivity contribution in [1.82, 2.24) is 0 Å². The number of thioether (sulfide) groups is 1. The van der Waals surface area contributed by atoms with Crippen molar-refractivity contribution < 1.29 is 0 Å². The average molecular weight is 235 g/mol. The molecule has 0 nitrogen and oxygen atoms in total. The molecule has 1 heterocycles. The molecule has 1 unspecified atom stereocenters. The lowest BCUT2D eigenvalue weighted by Gasteiger charge is -2.05. The Morgan fingerprint density at radius 3 is 3.08 bits per heavy atom. The second-order valence-corrected chi connectivity index (χ2v) is 5.65. The summed E-state index contributed by atoms with van der Waals surface area (Å²) in [7, 11) is 0. The molecule has 0 saturated heterocycles. The summed E-state index contributed by atoms with van der Waals surface area (Å²) in [5.41, 5.74) is 0. The molecule has 1 rings (SSSR count). The fourth-order valence-electron chi connectivity index (χ4n) is 0.957. The fourth-order valence-corrected chi connectivity index (χ4v) is 3.08. The summed E-state index contributed by atoms with van der Waals surface area (Å²) in [6.45, 7) is 2.20. The summed E-state index contributed by atoms with van der Waals surface area (Å²) in [5, 5.41) is 2.14. The Morgan fingerprint density at radius 1 is 1.62 bits per heavy atom. The standard InChI is InChI=1S/C10H15ClS2/c1-9(7-11)8-12-6-4-10-3-2-5-13-10/h2-3,5,9H,4,6-8H2,1H3. The van der Waals surface area contributed by atoms with Crippen LogP contribution in [0.2, 0.25) is 0 Å². The molecule has 0 saturated carbocycles. The zero-order valence-corrected chi connectivity index (χ0v) is 10.2. The lowest BCUT2D eigenvalue weighted by molar-refractivity contribution is 0.759. The van der Waals surface area contributed by atoms with Crippen molar-refractivity contribution in [3.8, 4) is 0 Å². The summed E-state index contributed by atoms with van der Waals surface area (Å²) in [5.74, 6) is 3.85. The Balaban J connectivity index is 2.02. The maximum atomic E-state index is 5.72. The molecule has 0 aliphatic carbocycles. The van der Waals surface area contributed by atoms with E-state index in [0.717, 1.165) is 5.88 Å². The number of alkyl halides is 1. The largest absolute Gasteiger partial charge is 0.161 e. The van der Waals surface area contributed by atoms with Crippen molar-refractivity contribution in [1.29, 1.82) is 0 Å². The molecule has 3 heteroatoms. The summed E-state index contributed by atoms with van der Waals surface area (Å²) in [4.78, 5) is 1.49. The zero-order valence-electron chi connectivity index (χ0n) is 7.83. The molecule has 0 aromatic carbocycles. The van der Waals surface area contributed by atoms with Gasteiger partial charge in [0.2, 0.25) is 0 Å². The molecule has 1 aromatic heterocycles. The molecule has 0 spiro atoms. The van der Waals surface area contributed by atoms with Gasteiger partial charge in [-0.25, -0.2) is 0 Å². The predicted octanol–water partition coefficient (Wildman–Crippen LogP) is 3.90. The molecule has 1 atom stereocenters. The molecular formula is C10H15ClS2. The molecule has 13 heavy (non-hydrogen) atoms. The van der Waals surface area contributed by atoms with Crippen molar-refractivity contribution in [3.05, 3.63) is 22.4 Å². The second kappa shape index (κ2) is 6.74. The van der Waals surface area contributed by atoms with Crippen LogP contribution in [-0.4, -0.2) is 17.4 Å². The van der Waals surface area contributed by atoms with E-state index >= 15 is 0 Å². The van der Waals surface area contributed by atoms with Crippen LogP contribution in [-0.2, 0) is 6.42 Å². The summed E-state index contributed by atoms with van der Waals surface area (Å²) in [6, 6.07) is 4.32. The lowest BCUT2D eigenvalue weighted by Crippen LogP contribution is -2.00. The monoisotopic (exact) mass is 234 g/mol. The third-order valence-corrected chi connectivity index (χ3v) is 4.50. The molecular weight excluding hydrogens is 220 g/mol. The van der Waals surface area contributed by atoms with Gasteiger partial charge < -0.3 is 0 Å². The number of halogens is 1. The van der Waals surface area contributed by atoms with Gasteiger partial charge in [0.1, 0.15) is 0 Å². The zero-order chi connectivity index (χ0) is 9.52. The van der Waals surface area contributed by atoms with Crippen LogP contribution in [0.1, 0.15) is 11.8 Å². The van der Waals surface area contributed by atoms with Crippen molar-refractivity contribution in [2.24, 2.45) is 5.92 Å². The number of rotatable bonds is 6. The first-order valence-electron chi connectivity index (χ1n) is 4.49. The van der Waals surface area contributed by atoms with Gasteiger partial charge in [-0.1, -0.05) is 13.0 Å². The molecule has 0 radical (unpaired) electrons. The molecule has 0 aliphatic rings. The number of thiophene rings is 1. The fraction of sp³-hybridized carbons (Fsp3) is 0.600. The van der Waals surface area contributed by atoms with E-state index in [0.29, 0.717) is 5.92 Å². The molecule has 0 N–H and O–H groups in total. The summed E-state index contributed by atoms with van der Waals surface area (Å²) >= 11 is 9.57. The Hall–Kier alpha value is 0.340. The normalized spacial score (nSPS) is 13.1. The van der Waals surface area contributed by atoms with Crippen LogP contribution < -0.4 is 0 Å². The number of hydrogen-bond donors (Lipinski definition) is 0. The Kier molecular flexibility index (Phi) is 5.92. The van der Waals surface area contributed by atoms with Crippen molar-refractivity contribution in [2.75, 3.05) is 17.4 Å². The third kappa shape index (κ3) is 4.94. The topological polar surface area (TPSA) is 0 Å². The highest BCUT2D eigenvalue weighted by atomic mass is 35.5. The second-order valence-electron chi connectivity index (χ2n) is 3.16. The average Bonchev–Trinajstić information content (AvgIpc) is 2.64. The van der Waals surface area contributed by atoms with Gasteiger partial charge >= 0.3 is 0 Å². The van der Waals surface area contributed by atoms with Gasteiger partial charge in [0.15, 0.2) is 0 Å². The molecule has 0 amide bonds. The maximum absolute atomic E-state index is 5.72. The summed E-state index contributed by atoms with van der Waals surface area (Å²) < 4.78 is 0. The Morgan fingerprint density at radius 2 is 2.46 bits per heavy atom. The number of hydrogen-bond acceptors (Lipinski definition) is 2. The van der Waals surface area contributed by atoms with Crippen molar-refractivity contribution in [3.63, 3.8) is 0 Å². The van der Waals surface area contributed by atoms with E-state index in [1.807, 2.05) is 23.1 Å². The third-order valence-electron chi connectivity index (χ3n) is 1.74. The first-order valence-corrected chi connectivity index (χ1v) is 7.06. The minimum Gasteiger partial charge on any atom is -0.161 e. The van der Waals surface area contributed by atoms with Crippen LogP contribution >= 0.6 is 34.7 Å². The first kappa shape index (κ1) is 11.4. The molecule has 0 fully saturated rings. The van der Waals surface area contributed by atoms with Gasteiger partial charge in [0.05, 0.1) is 0 Å². The van der Waals surface area contributed by atoms with E-state index in [4.69, 9.17) is 11.6 Å². The molecule has 1 aromatic rings. The van der Waals surface area contributed by atoms with E-state index < -0.39 is 0 Å². The lowest BCUT2D eigenvalue weighted by atomic mass is 10.3.